The molecule has 3 N–H and O–H groups in total. The average molecular weight is 401 g/mol. The molecule has 0 amide bonds. The first-order valence-corrected chi connectivity index (χ1v) is 7.62. The smallest absolute Gasteiger partial charge is 0.341 e. The minimum Gasteiger partial charge on any atom is -0.477 e. The molecule has 2 rings (SSSR count). The molecule has 148 valence electrons. The van der Waals surface area contributed by atoms with Crippen LogP contribution >= 0.6 is 0 Å². The summed E-state index contributed by atoms with van der Waals surface area (Å²) >= 11 is 0. The van der Waals surface area contributed by atoms with Gasteiger partial charge in [-0.25, -0.2) is 26.7 Å². The van der Waals surface area contributed by atoms with Crippen LogP contribution in [0.5, 0.6) is 0 Å². The van der Waals surface area contributed by atoms with Crippen LogP contribution in [0, 0.1) is 29.1 Å². The summed E-state index contributed by atoms with van der Waals surface area (Å²) in [6, 6.07) is 7.12. The van der Waals surface area contributed by atoms with E-state index < -0.39 is 64.6 Å². The van der Waals surface area contributed by atoms with Crippen LogP contribution in [0.15, 0.2) is 42.1 Å². The summed E-state index contributed by atoms with van der Waals surface area (Å²) in [5.74, 6) is -16.0. The van der Waals surface area contributed by atoms with Gasteiger partial charge in [0.15, 0.2) is 23.3 Å². The quantitative estimate of drug-likeness (QED) is 0.126. The van der Waals surface area contributed by atoms with Crippen LogP contribution in [0.2, 0.25) is 0 Å². The second kappa shape index (κ2) is 8.61. The predicted octanol–water partition coefficient (Wildman–Crippen LogP) is 2.86. The Morgan fingerprint density at radius 2 is 1.43 bits per heavy atom. The fourth-order valence-electron chi connectivity index (χ4n) is 2.29. The number of carbonyl (C=O) groups is 2. The maximum absolute atomic E-state index is 13.8. The highest BCUT2D eigenvalue weighted by Gasteiger charge is 2.33. The molecule has 0 unspecified atom stereocenters. The third kappa shape index (κ3) is 4.01. The molecule has 1 atom stereocenters. The first-order valence-electron chi connectivity index (χ1n) is 7.62. The summed E-state index contributed by atoms with van der Waals surface area (Å²) < 4.78 is 67.2. The van der Waals surface area contributed by atoms with Crippen molar-refractivity contribution in [3.05, 3.63) is 82.3 Å². The van der Waals surface area contributed by atoms with E-state index in [0.717, 1.165) is 0 Å². The van der Waals surface area contributed by atoms with Crippen molar-refractivity contribution in [1.82, 2.24) is 5.32 Å². The molecule has 28 heavy (non-hydrogen) atoms. The predicted molar refractivity (Wildman–Crippen MR) is 85.7 cm³/mol. The lowest BCUT2D eigenvalue weighted by molar-refractivity contribution is -0.132. The van der Waals surface area contributed by atoms with Gasteiger partial charge < -0.3 is 15.5 Å². The second-order valence-electron chi connectivity index (χ2n) is 5.45. The lowest BCUT2D eigenvalue weighted by Crippen LogP contribution is -2.24. The molecule has 5 nitrogen and oxygen atoms in total. The molecule has 0 spiro atoms. The molecule has 0 saturated carbocycles. The van der Waals surface area contributed by atoms with Crippen molar-refractivity contribution in [2.24, 2.45) is 0 Å². The molecule has 2 aromatic rings. The topological polar surface area (TPSA) is 86.6 Å². The van der Waals surface area contributed by atoms with Crippen molar-refractivity contribution < 1.29 is 41.8 Å². The van der Waals surface area contributed by atoms with E-state index in [0.29, 0.717) is 11.8 Å². The molecule has 0 radical (unpaired) electrons. The van der Waals surface area contributed by atoms with Crippen LogP contribution in [0.4, 0.5) is 22.0 Å². The maximum Gasteiger partial charge on any atom is 0.341 e. The number of ketones is 1. The number of rotatable bonds is 7. The monoisotopic (exact) mass is 401 g/mol. The Morgan fingerprint density at radius 1 is 0.929 bits per heavy atom. The number of aliphatic hydroxyl groups excluding tert-OH is 1. The Hall–Kier alpha value is -3.27. The van der Waals surface area contributed by atoms with Gasteiger partial charge in [0.25, 0.3) is 0 Å². The Morgan fingerprint density at radius 3 is 1.89 bits per heavy atom. The van der Waals surface area contributed by atoms with Gasteiger partial charge in [0, 0.05) is 6.20 Å². The number of carboxylic acids is 1. The number of Topliss-reactive ketones (excluding diaryl/α,β-unsaturated/α-hetero) is 1. The number of carbonyl (C=O) groups excluding carboxylic acids is 1. The number of aliphatic hydroxyl groups is 1. The molecule has 10 heteroatoms. The van der Waals surface area contributed by atoms with E-state index in [4.69, 9.17) is 5.11 Å². The van der Waals surface area contributed by atoms with E-state index in [9.17, 15) is 36.6 Å². The molecule has 0 fully saturated rings. The number of halogens is 5. The summed E-state index contributed by atoms with van der Waals surface area (Å²) in [5.41, 5.74) is -2.71. The molecule has 0 aliphatic carbocycles. The zero-order chi connectivity index (χ0) is 21.0. The van der Waals surface area contributed by atoms with Gasteiger partial charge >= 0.3 is 5.97 Å². The van der Waals surface area contributed by atoms with Crippen molar-refractivity contribution in [1.29, 1.82) is 0 Å². The molecule has 0 bridgehead atoms. The van der Waals surface area contributed by atoms with Gasteiger partial charge in [0.05, 0.1) is 12.6 Å². The van der Waals surface area contributed by atoms with E-state index in [1.54, 1.807) is 30.3 Å². The average Bonchev–Trinajstić information content (AvgIpc) is 2.68. The molecule has 0 aliphatic rings. The molecule has 0 aromatic heterocycles. The normalized spacial score (nSPS) is 12.6. The van der Waals surface area contributed by atoms with Crippen LogP contribution < -0.4 is 5.32 Å². The summed E-state index contributed by atoms with van der Waals surface area (Å²) in [5, 5.41) is 20.9. The van der Waals surface area contributed by atoms with Crippen molar-refractivity contribution in [2.45, 2.75) is 6.04 Å². The van der Waals surface area contributed by atoms with Gasteiger partial charge in [-0.15, -0.1) is 0 Å². The fourth-order valence-corrected chi connectivity index (χ4v) is 2.29. The molecular formula is C18H12F5NO4. The first kappa shape index (κ1) is 21.0. The van der Waals surface area contributed by atoms with Gasteiger partial charge in [-0.1, -0.05) is 30.3 Å². The second-order valence-corrected chi connectivity index (χ2v) is 5.45. The van der Waals surface area contributed by atoms with Crippen molar-refractivity contribution in [2.75, 3.05) is 6.61 Å². The highest BCUT2D eigenvalue weighted by Crippen LogP contribution is 2.25. The third-order valence-corrected chi connectivity index (χ3v) is 3.73. The molecule has 0 heterocycles. The zero-order valence-corrected chi connectivity index (χ0v) is 13.8. The van der Waals surface area contributed by atoms with Gasteiger partial charge in [-0.05, 0) is 5.56 Å². The lowest BCUT2D eigenvalue weighted by Gasteiger charge is -2.16. The minimum absolute atomic E-state index is 0.481. The molecule has 0 aliphatic heterocycles. The number of nitrogens with one attached hydrogen (secondary N) is 1. The van der Waals surface area contributed by atoms with E-state index in [1.807, 2.05) is 0 Å². The summed E-state index contributed by atoms with van der Waals surface area (Å²) in [6.45, 7) is -0.551. The van der Waals surface area contributed by atoms with E-state index in [-0.39, 0.29) is 0 Å². The first-order chi connectivity index (χ1) is 13.2. The Bertz CT molecular complexity index is 918. The number of hydrogen-bond donors (Lipinski definition) is 3. The number of carboxylic acid groups (broad SMARTS) is 1. The minimum atomic E-state index is -2.48. The van der Waals surface area contributed by atoms with Crippen molar-refractivity contribution >= 4 is 11.8 Å². The van der Waals surface area contributed by atoms with Crippen LogP contribution in [-0.4, -0.2) is 28.6 Å². The van der Waals surface area contributed by atoms with Crippen LogP contribution in [0.25, 0.3) is 0 Å². The highest BCUT2D eigenvalue weighted by molar-refractivity contribution is 6.23. The largest absolute Gasteiger partial charge is 0.477 e. The Labute approximate surface area is 154 Å². The summed E-state index contributed by atoms with van der Waals surface area (Å²) in [4.78, 5) is 23.5. The third-order valence-electron chi connectivity index (χ3n) is 3.73. The molecular weight excluding hydrogens is 389 g/mol. The van der Waals surface area contributed by atoms with Crippen LogP contribution in [-0.2, 0) is 4.79 Å². The van der Waals surface area contributed by atoms with Crippen molar-refractivity contribution in [3.63, 3.8) is 0 Å². The van der Waals surface area contributed by atoms with Crippen LogP contribution in [0.3, 0.4) is 0 Å². The van der Waals surface area contributed by atoms with E-state index in [1.165, 1.54) is 0 Å². The van der Waals surface area contributed by atoms with Gasteiger partial charge in [-0.3, -0.25) is 4.79 Å². The SMILES string of the molecule is O=C(O)C(=CN[C@@H](CO)c1ccccc1)C(=O)c1c(F)c(F)c(F)c(F)c1F. The lowest BCUT2D eigenvalue weighted by atomic mass is 10.0. The van der Waals surface area contributed by atoms with Gasteiger partial charge in [-0.2, -0.15) is 0 Å². The van der Waals surface area contributed by atoms with E-state index in [2.05, 4.69) is 5.32 Å². The van der Waals surface area contributed by atoms with Gasteiger partial charge in [0.2, 0.25) is 11.6 Å². The highest BCUT2D eigenvalue weighted by atomic mass is 19.2. The van der Waals surface area contributed by atoms with Gasteiger partial charge in [0.1, 0.15) is 11.1 Å². The fraction of sp³-hybridized carbons (Fsp3) is 0.111. The van der Waals surface area contributed by atoms with E-state index >= 15 is 0 Å². The Kier molecular flexibility index (Phi) is 6.47. The zero-order valence-electron chi connectivity index (χ0n) is 13.8. The summed E-state index contributed by atoms with van der Waals surface area (Å²) in [7, 11) is 0. The maximum atomic E-state index is 13.8. The van der Waals surface area contributed by atoms with Crippen LogP contribution in [0.1, 0.15) is 22.0 Å². The number of benzene rings is 2. The summed E-state index contributed by atoms with van der Waals surface area (Å²) in [6.07, 6.45) is 0.524. The molecule has 2 aromatic carbocycles. The standard InChI is InChI=1S/C18H12F5NO4/c19-12-11(13(20)15(22)16(23)14(12)21)17(26)9(18(27)28)6-24-10(7-25)8-4-2-1-3-5-8/h1-6,10,24-25H,7H2,(H,27,28)/t10-/m0/s1. The number of hydrogen-bond acceptors (Lipinski definition) is 4. The van der Waals surface area contributed by atoms with Crippen molar-refractivity contribution in [3.8, 4) is 0 Å². The number of aliphatic carboxylic acids is 1. The Balaban J connectivity index is 2.46. The molecule has 0 saturated heterocycles.